The largest absolute Gasteiger partial charge is 0.399 e. The number of nitrogens with one attached hydrogen (secondary N) is 3. The maximum atomic E-state index is 8.89. The first kappa shape index (κ1) is 18.3. The SMILES string of the molecule is N#CC1=CC=C(NCCNc2nc(-c3ccc(N)cc3)nc3ccccc23)NC1. The molecule has 3 aromatic rings. The van der Waals surface area contributed by atoms with Crippen LogP contribution in [0.25, 0.3) is 22.3 Å². The van der Waals surface area contributed by atoms with Gasteiger partial charge in [-0.15, -0.1) is 0 Å². The molecule has 7 heteroatoms. The summed E-state index contributed by atoms with van der Waals surface area (Å²) in [5.41, 5.74) is 9.03. The summed E-state index contributed by atoms with van der Waals surface area (Å²) in [7, 11) is 0. The molecule has 1 aromatic heterocycles. The number of allylic oxidation sites excluding steroid dienone is 2. The number of para-hydroxylation sites is 1. The molecule has 0 amide bonds. The molecule has 0 bridgehead atoms. The minimum atomic E-state index is 0.546. The smallest absolute Gasteiger partial charge is 0.162 e. The van der Waals surface area contributed by atoms with Crippen LogP contribution in [-0.4, -0.2) is 29.6 Å². The van der Waals surface area contributed by atoms with Gasteiger partial charge in [-0.25, -0.2) is 9.97 Å². The first-order chi connectivity index (χ1) is 14.2. The predicted octanol–water partition coefficient (Wildman–Crippen LogP) is 2.78. The summed E-state index contributed by atoms with van der Waals surface area (Å²) < 4.78 is 0. The Morgan fingerprint density at radius 1 is 1.00 bits per heavy atom. The Kier molecular flexibility index (Phi) is 5.25. The van der Waals surface area contributed by atoms with Gasteiger partial charge in [0, 0.05) is 35.3 Å². The Hall–Kier alpha value is -4.05. The Morgan fingerprint density at radius 3 is 2.55 bits per heavy atom. The summed E-state index contributed by atoms with van der Waals surface area (Å²) in [6, 6.07) is 17.6. The van der Waals surface area contributed by atoms with Crippen LogP contribution in [0.4, 0.5) is 11.5 Å². The summed E-state index contributed by atoms with van der Waals surface area (Å²) in [6.45, 7) is 1.92. The first-order valence-corrected chi connectivity index (χ1v) is 9.38. The van der Waals surface area contributed by atoms with Crippen LogP contribution in [0.5, 0.6) is 0 Å². The molecule has 144 valence electrons. The minimum absolute atomic E-state index is 0.546. The zero-order valence-corrected chi connectivity index (χ0v) is 15.8. The standard InChI is InChI=1S/C22H21N7/c23-13-15-5-10-20(27-14-15)25-11-12-26-22-18-3-1-2-4-19(18)28-21(29-22)16-6-8-17(24)9-7-16/h1-10,25,27H,11-12,14,24H2,(H,26,28,29). The number of nitrogens with two attached hydrogens (primary N) is 1. The Balaban J connectivity index is 1.49. The Morgan fingerprint density at radius 2 is 1.79 bits per heavy atom. The molecule has 0 radical (unpaired) electrons. The quantitative estimate of drug-likeness (QED) is 0.382. The maximum Gasteiger partial charge on any atom is 0.162 e. The summed E-state index contributed by atoms with van der Waals surface area (Å²) in [6.07, 6.45) is 3.70. The van der Waals surface area contributed by atoms with Crippen molar-refractivity contribution in [2.45, 2.75) is 0 Å². The summed E-state index contributed by atoms with van der Waals surface area (Å²) >= 11 is 0. The first-order valence-electron chi connectivity index (χ1n) is 9.38. The van der Waals surface area contributed by atoms with Crippen LogP contribution in [0.2, 0.25) is 0 Å². The van der Waals surface area contributed by atoms with Crippen molar-refractivity contribution in [3.05, 3.63) is 72.1 Å². The van der Waals surface area contributed by atoms with Gasteiger partial charge in [-0.1, -0.05) is 12.1 Å². The molecule has 0 aliphatic carbocycles. The monoisotopic (exact) mass is 383 g/mol. The summed E-state index contributed by atoms with van der Waals surface area (Å²) in [4.78, 5) is 9.43. The third-order valence-corrected chi connectivity index (χ3v) is 4.57. The number of hydrogen-bond donors (Lipinski definition) is 4. The van der Waals surface area contributed by atoms with Gasteiger partial charge in [0.25, 0.3) is 0 Å². The topological polar surface area (TPSA) is 112 Å². The second kappa shape index (κ2) is 8.31. The molecule has 5 N–H and O–H groups in total. The van der Waals surface area contributed by atoms with Crippen LogP contribution in [0.15, 0.2) is 72.1 Å². The number of dihydropyridines is 1. The highest BCUT2D eigenvalue weighted by atomic mass is 15.1. The highest BCUT2D eigenvalue weighted by molar-refractivity contribution is 5.90. The molecule has 0 spiro atoms. The van der Waals surface area contributed by atoms with E-state index in [-0.39, 0.29) is 0 Å². The average molecular weight is 383 g/mol. The van der Waals surface area contributed by atoms with Gasteiger partial charge in [0.2, 0.25) is 0 Å². The number of aromatic nitrogens is 2. The van der Waals surface area contributed by atoms with Gasteiger partial charge in [-0.2, -0.15) is 5.26 Å². The normalized spacial score (nSPS) is 13.1. The van der Waals surface area contributed by atoms with Gasteiger partial charge in [0.1, 0.15) is 5.82 Å². The van der Waals surface area contributed by atoms with Crippen LogP contribution >= 0.6 is 0 Å². The molecule has 1 aliphatic heterocycles. The second-order valence-corrected chi connectivity index (χ2v) is 6.63. The van der Waals surface area contributed by atoms with E-state index in [2.05, 4.69) is 22.0 Å². The molecular weight excluding hydrogens is 362 g/mol. The van der Waals surface area contributed by atoms with Crippen molar-refractivity contribution in [1.82, 2.24) is 20.6 Å². The highest BCUT2D eigenvalue weighted by Gasteiger charge is 2.09. The molecule has 0 saturated heterocycles. The van der Waals surface area contributed by atoms with E-state index in [1.807, 2.05) is 60.7 Å². The van der Waals surface area contributed by atoms with Crippen LogP contribution in [0, 0.1) is 11.3 Å². The zero-order valence-electron chi connectivity index (χ0n) is 15.8. The van der Waals surface area contributed by atoms with Crippen LogP contribution in [-0.2, 0) is 0 Å². The fraction of sp³-hybridized carbons (Fsp3) is 0.136. The molecule has 0 atom stereocenters. The fourth-order valence-electron chi connectivity index (χ4n) is 3.04. The van der Waals surface area contributed by atoms with Crippen molar-refractivity contribution in [2.75, 3.05) is 30.7 Å². The fourth-order valence-corrected chi connectivity index (χ4v) is 3.04. The van der Waals surface area contributed by atoms with Crippen molar-refractivity contribution in [2.24, 2.45) is 0 Å². The molecule has 0 fully saturated rings. The van der Waals surface area contributed by atoms with E-state index in [1.54, 1.807) is 0 Å². The summed E-state index contributed by atoms with van der Waals surface area (Å²) in [5.74, 6) is 2.35. The predicted molar refractivity (Wildman–Crippen MR) is 116 cm³/mol. The molecular formula is C22H21N7. The molecule has 1 aliphatic rings. The average Bonchev–Trinajstić information content (AvgIpc) is 2.77. The number of fused-ring (bicyclic) bond motifs is 1. The number of nitrogen functional groups attached to an aromatic ring is 1. The third kappa shape index (κ3) is 4.28. The third-order valence-electron chi connectivity index (χ3n) is 4.57. The molecule has 2 aromatic carbocycles. The van der Waals surface area contributed by atoms with Crippen molar-refractivity contribution >= 4 is 22.4 Å². The molecule has 0 unspecified atom stereocenters. The molecule has 0 saturated carbocycles. The number of nitriles is 1. The number of nitrogens with zero attached hydrogens (tertiary/aromatic N) is 3. The van der Waals surface area contributed by atoms with Gasteiger partial charge in [0.05, 0.1) is 24.0 Å². The van der Waals surface area contributed by atoms with Crippen LogP contribution in [0.1, 0.15) is 0 Å². The lowest BCUT2D eigenvalue weighted by Crippen LogP contribution is -2.32. The molecule has 4 rings (SSSR count). The lowest BCUT2D eigenvalue weighted by Gasteiger charge is -2.16. The molecule has 2 heterocycles. The van der Waals surface area contributed by atoms with Gasteiger partial charge in [0.15, 0.2) is 5.82 Å². The van der Waals surface area contributed by atoms with Crippen molar-refractivity contribution in [1.29, 1.82) is 5.26 Å². The number of hydrogen-bond acceptors (Lipinski definition) is 7. The number of rotatable bonds is 6. The van der Waals surface area contributed by atoms with Crippen molar-refractivity contribution < 1.29 is 0 Å². The van der Waals surface area contributed by atoms with E-state index < -0.39 is 0 Å². The highest BCUT2D eigenvalue weighted by Crippen LogP contribution is 2.25. The van der Waals surface area contributed by atoms with Crippen LogP contribution in [0.3, 0.4) is 0 Å². The number of anilines is 2. The number of benzene rings is 2. The summed E-state index contributed by atoms with van der Waals surface area (Å²) in [5, 5.41) is 19.8. The van der Waals surface area contributed by atoms with Gasteiger partial charge in [-0.3, -0.25) is 0 Å². The Labute approximate surface area is 169 Å². The zero-order chi connectivity index (χ0) is 20.1. The lowest BCUT2D eigenvalue weighted by molar-refractivity contribution is 0.711. The van der Waals surface area contributed by atoms with E-state index in [9.17, 15) is 0 Å². The Bertz CT molecular complexity index is 1120. The molecule has 29 heavy (non-hydrogen) atoms. The van der Waals surface area contributed by atoms with Gasteiger partial charge < -0.3 is 21.7 Å². The van der Waals surface area contributed by atoms with E-state index in [1.165, 1.54) is 0 Å². The van der Waals surface area contributed by atoms with Gasteiger partial charge >= 0.3 is 0 Å². The van der Waals surface area contributed by atoms with E-state index in [4.69, 9.17) is 21.0 Å². The van der Waals surface area contributed by atoms with E-state index in [0.29, 0.717) is 31.1 Å². The maximum absolute atomic E-state index is 8.89. The second-order valence-electron chi connectivity index (χ2n) is 6.63. The minimum Gasteiger partial charge on any atom is -0.399 e. The van der Waals surface area contributed by atoms with E-state index >= 15 is 0 Å². The lowest BCUT2D eigenvalue weighted by atomic mass is 10.1. The van der Waals surface area contributed by atoms with Crippen molar-refractivity contribution in [3.8, 4) is 17.5 Å². The van der Waals surface area contributed by atoms with Gasteiger partial charge in [-0.05, 0) is 48.6 Å². The van der Waals surface area contributed by atoms with Crippen LogP contribution < -0.4 is 21.7 Å². The van der Waals surface area contributed by atoms with Crippen molar-refractivity contribution in [3.63, 3.8) is 0 Å². The van der Waals surface area contributed by atoms with E-state index in [0.717, 1.165) is 33.7 Å². The molecule has 7 nitrogen and oxygen atoms in total.